The molecule has 0 bridgehead atoms. The Hall–Kier alpha value is -2.78. The second-order valence-corrected chi connectivity index (χ2v) is 9.00. The highest BCUT2D eigenvalue weighted by Gasteiger charge is 2.14. The van der Waals surface area contributed by atoms with Crippen molar-refractivity contribution in [2.45, 2.75) is 18.2 Å². The van der Waals surface area contributed by atoms with Crippen LogP contribution in [0.25, 0.3) is 6.08 Å². The molecular formula is C23H20Cl3N5O2S. The van der Waals surface area contributed by atoms with Crippen LogP contribution in [-0.4, -0.2) is 32.3 Å². The third kappa shape index (κ3) is 7.36. The summed E-state index contributed by atoms with van der Waals surface area (Å²) in [7, 11) is 0. The van der Waals surface area contributed by atoms with Gasteiger partial charge >= 0.3 is 0 Å². The molecule has 0 fully saturated rings. The Morgan fingerprint density at radius 2 is 1.85 bits per heavy atom. The molecule has 0 unspecified atom stereocenters. The van der Waals surface area contributed by atoms with Crippen LogP contribution in [0.4, 0.5) is 5.69 Å². The van der Waals surface area contributed by atoms with Crippen molar-refractivity contribution in [2.24, 2.45) is 0 Å². The van der Waals surface area contributed by atoms with Gasteiger partial charge in [0.05, 0.1) is 22.3 Å². The normalized spacial score (nSPS) is 10.9. The smallest absolute Gasteiger partial charge is 0.244 e. The zero-order chi connectivity index (χ0) is 24.5. The van der Waals surface area contributed by atoms with Gasteiger partial charge in [0.15, 0.2) is 11.0 Å². The van der Waals surface area contributed by atoms with Gasteiger partial charge in [-0.3, -0.25) is 9.59 Å². The third-order valence-electron chi connectivity index (χ3n) is 4.38. The van der Waals surface area contributed by atoms with E-state index < -0.39 is 0 Å². The molecule has 0 saturated heterocycles. The number of halogens is 3. The van der Waals surface area contributed by atoms with E-state index in [1.807, 2.05) is 18.2 Å². The number of allylic oxidation sites excluding steroid dienone is 1. The van der Waals surface area contributed by atoms with E-state index in [1.165, 1.54) is 17.8 Å². The van der Waals surface area contributed by atoms with Crippen molar-refractivity contribution in [1.82, 2.24) is 20.1 Å². The molecule has 34 heavy (non-hydrogen) atoms. The van der Waals surface area contributed by atoms with Crippen molar-refractivity contribution in [2.75, 3.05) is 11.1 Å². The van der Waals surface area contributed by atoms with Crippen molar-refractivity contribution in [3.8, 4) is 0 Å². The molecule has 11 heteroatoms. The number of anilines is 1. The summed E-state index contributed by atoms with van der Waals surface area (Å²) in [5.41, 5.74) is 1.28. The van der Waals surface area contributed by atoms with Crippen molar-refractivity contribution in [1.29, 1.82) is 0 Å². The van der Waals surface area contributed by atoms with Crippen LogP contribution in [0.15, 0.2) is 66.4 Å². The molecule has 0 atom stereocenters. The molecule has 2 aromatic carbocycles. The molecule has 0 spiro atoms. The Balaban J connectivity index is 1.57. The van der Waals surface area contributed by atoms with Crippen LogP contribution in [0, 0.1) is 0 Å². The van der Waals surface area contributed by atoms with E-state index in [2.05, 4.69) is 27.4 Å². The fourth-order valence-corrected chi connectivity index (χ4v) is 4.03. The summed E-state index contributed by atoms with van der Waals surface area (Å²) in [5.74, 6) is 0.0915. The second-order valence-electron chi connectivity index (χ2n) is 6.84. The average molecular weight is 537 g/mol. The second kappa shape index (κ2) is 12.6. The molecule has 176 valence electrons. The number of nitrogens with one attached hydrogen (secondary N) is 2. The topological polar surface area (TPSA) is 88.9 Å². The largest absolute Gasteiger partial charge is 0.345 e. The van der Waals surface area contributed by atoms with Crippen LogP contribution in [-0.2, 0) is 22.7 Å². The molecule has 3 rings (SSSR count). The van der Waals surface area contributed by atoms with Gasteiger partial charge in [-0.25, -0.2) is 0 Å². The predicted molar refractivity (Wildman–Crippen MR) is 138 cm³/mol. The Bertz CT molecular complexity index is 1230. The van der Waals surface area contributed by atoms with E-state index >= 15 is 0 Å². The molecule has 7 nitrogen and oxygen atoms in total. The number of thioether (sulfide) groups is 1. The van der Waals surface area contributed by atoms with E-state index in [4.69, 9.17) is 34.8 Å². The van der Waals surface area contributed by atoms with Gasteiger partial charge in [-0.05, 0) is 35.9 Å². The van der Waals surface area contributed by atoms with Gasteiger partial charge in [0.1, 0.15) is 0 Å². The summed E-state index contributed by atoms with van der Waals surface area (Å²) in [6.45, 7) is 4.33. The lowest BCUT2D eigenvalue weighted by Gasteiger charge is -2.09. The van der Waals surface area contributed by atoms with Crippen molar-refractivity contribution in [3.63, 3.8) is 0 Å². The number of carbonyl (C=O) groups excluding carboxylic acids is 2. The molecule has 0 radical (unpaired) electrons. The van der Waals surface area contributed by atoms with E-state index in [9.17, 15) is 9.59 Å². The Labute approximate surface area is 216 Å². The van der Waals surface area contributed by atoms with Crippen LogP contribution < -0.4 is 10.6 Å². The lowest BCUT2D eigenvalue weighted by atomic mass is 10.2. The highest BCUT2D eigenvalue weighted by Crippen LogP contribution is 2.25. The number of aromatic nitrogens is 3. The fourth-order valence-electron chi connectivity index (χ4n) is 2.77. The molecular weight excluding hydrogens is 517 g/mol. The minimum Gasteiger partial charge on any atom is -0.345 e. The first kappa shape index (κ1) is 25.8. The van der Waals surface area contributed by atoms with E-state index in [0.29, 0.717) is 38.3 Å². The monoisotopic (exact) mass is 535 g/mol. The Morgan fingerprint density at radius 3 is 2.59 bits per heavy atom. The molecule has 0 saturated carbocycles. The number of amides is 2. The van der Waals surface area contributed by atoms with Gasteiger partial charge in [-0.2, -0.15) is 0 Å². The van der Waals surface area contributed by atoms with E-state index in [0.717, 1.165) is 5.56 Å². The first-order chi connectivity index (χ1) is 16.4. The van der Waals surface area contributed by atoms with Crippen molar-refractivity contribution >= 4 is 70.1 Å². The van der Waals surface area contributed by atoms with Crippen LogP contribution in [0.1, 0.15) is 11.4 Å². The average Bonchev–Trinajstić information content (AvgIpc) is 3.20. The lowest BCUT2D eigenvalue weighted by Crippen LogP contribution is -2.23. The molecule has 2 amide bonds. The van der Waals surface area contributed by atoms with Gasteiger partial charge < -0.3 is 15.2 Å². The summed E-state index contributed by atoms with van der Waals surface area (Å²) in [5, 5.41) is 15.7. The lowest BCUT2D eigenvalue weighted by molar-refractivity contribution is -0.116. The van der Waals surface area contributed by atoms with Gasteiger partial charge in [0, 0.05) is 23.3 Å². The summed E-state index contributed by atoms with van der Waals surface area (Å²) < 4.78 is 1.78. The minimum absolute atomic E-state index is 0.0997. The molecule has 0 aliphatic heterocycles. The van der Waals surface area contributed by atoms with Crippen LogP contribution >= 0.6 is 46.6 Å². The summed E-state index contributed by atoms with van der Waals surface area (Å²) in [6.07, 6.45) is 4.73. The SMILES string of the molecule is C=CCn1c(CNC(=O)/C=C/c2ccccc2Cl)nnc1SCC(=O)Nc1ccc(Cl)c(Cl)c1. The first-order valence-electron chi connectivity index (χ1n) is 9.98. The maximum Gasteiger partial charge on any atom is 0.244 e. The van der Waals surface area contributed by atoms with Crippen LogP contribution in [0.2, 0.25) is 15.1 Å². The number of rotatable bonds is 10. The molecule has 3 aromatic rings. The molecule has 1 aromatic heterocycles. The number of carbonyl (C=O) groups is 2. The van der Waals surface area contributed by atoms with Crippen molar-refractivity contribution in [3.05, 3.63) is 87.7 Å². The summed E-state index contributed by atoms with van der Waals surface area (Å²) >= 11 is 19.2. The maximum absolute atomic E-state index is 12.3. The van der Waals surface area contributed by atoms with Gasteiger partial charge in [-0.15, -0.1) is 16.8 Å². The standard InChI is InChI=1S/C23H20Cl3N5O2S/c1-2-11-31-20(13-27-21(32)10-7-15-5-3-4-6-17(15)24)29-30-23(31)34-14-22(33)28-16-8-9-18(25)19(26)12-16/h2-10,12H,1,11,13-14H2,(H,27,32)(H,28,33)/b10-7+. The molecule has 1 heterocycles. The number of nitrogens with zero attached hydrogens (tertiary/aromatic N) is 3. The van der Waals surface area contributed by atoms with Crippen molar-refractivity contribution < 1.29 is 9.59 Å². The Kier molecular flexibility index (Phi) is 9.59. The zero-order valence-electron chi connectivity index (χ0n) is 17.8. The molecule has 0 aliphatic rings. The van der Waals surface area contributed by atoms with Gasteiger partial charge in [0.2, 0.25) is 11.8 Å². The number of hydrogen-bond donors (Lipinski definition) is 2. The molecule has 0 aliphatic carbocycles. The van der Waals surface area contributed by atoms with Gasteiger partial charge in [0.25, 0.3) is 0 Å². The quantitative estimate of drug-likeness (QED) is 0.203. The van der Waals surface area contributed by atoms with E-state index in [-0.39, 0.29) is 24.1 Å². The first-order valence-corrected chi connectivity index (χ1v) is 12.1. The zero-order valence-corrected chi connectivity index (χ0v) is 20.9. The summed E-state index contributed by atoms with van der Waals surface area (Å²) in [6, 6.07) is 12.1. The van der Waals surface area contributed by atoms with Gasteiger partial charge in [-0.1, -0.05) is 70.8 Å². The Morgan fingerprint density at radius 1 is 1.06 bits per heavy atom. The van der Waals surface area contributed by atoms with E-state index in [1.54, 1.807) is 41.0 Å². The predicted octanol–water partition coefficient (Wildman–Crippen LogP) is 5.48. The number of hydrogen-bond acceptors (Lipinski definition) is 5. The molecule has 2 N–H and O–H groups in total. The maximum atomic E-state index is 12.3. The highest BCUT2D eigenvalue weighted by atomic mass is 35.5. The third-order valence-corrected chi connectivity index (χ3v) is 6.43. The van der Waals surface area contributed by atoms with Crippen LogP contribution in [0.3, 0.4) is 0 Å². The highest BCUT2D eigenvalue weighted by molar-refractivity contribution is 7.99. The fraction of sp³-hybridized carbons (Fsp3) is 0.130. The van der Waals surface area contributed by atoms with Crippen LogP contribution in [0.5, 0.6) is 0 Å². The summed E-state index contributed by atoms with van der Waals surface area (Å²) in [4.78, 5) is 24.5. The number of benzene rings is 2. The minimum atomic E-state index is -0.303.